The molecular formula is C47H48N8O6. The van der Waals surface area contributed by atoms with Crippen molar-refractivity contribution in [2.45, 2.75) is 32.9 Å². The third kappa shape index (κ3) is 8.56. The van der Waals surface area contributed by atoms with Gasteiger partial charge in [-0.15, -0.1) is 0 Å². The molecule has 0 unspecified atom stereocenters. The van der Waals surface area contributed by atoms with Gasteiger partial charge in [0, 0.05) is 66.0 Å². The lowest BCUT2D eigenvalue weighted by atomic mass is 9.98. The van der Waals surface area contributed by atoms with Gasteiger partial charge in [-0.1, -0.05) is 12.1 Å². The lowest BCUT2D eigenvalue weighted by molar-refractivity contribution is 0.102. The Morgan fingerprint density at radius 3 is 1.66 bits per heavy atom. The van der Waals surface area contributed by atoms with E-state index in [0.29, 0.717) is 41.7 Å². The van der Waals surface area contributed by atoms with E-state index >= 15 is 0 Å². The molecule has 0 bridgehead atoms. The van der Waals surface area contributed by atoms with Gasteiger partial charge in [-0.2, -0.15) is 0 Å². The molecule has 7 aromatic rings. The summed E-state index contributed by atoms with van der Waals surface area (Å²) in [5, 5.41) is 4.87. The average molecular weight is 821 g/mol. The number of carbonyl (C=O) groups is 1. The van der Waals surface area contributed by atoms with Crippen LogP contribution in [0.1, 0.15) is 39.5 Å². The van der Waals surface area contributed by atoms with Crippen LogP contribution in [-0.2, 0) is 25.9 Å². The van der Waals surface area contributed by atoms with Gasteiger partial charge in [0.1, 0.15) is 30.0 Å². The summed E-state index contributed by atoms with van der Waals surface area (Å²) >= 11 is 0. The van der Waals surface area contributed by atoms with Gasteiger partial charge in [0.2, 0.25) is 0 Å². The summed E-state index contributed by atoms with van der Waals surface area (Å²) in [6.07, 6.45) is 5.01. The Hall–Kier alpha value is -7.35. The van der Waals surface area contributed by atoms with Gasteiger partial charge in [0.25, 0.3) is 5.91 Å². The molecule has 3 N–H and O–H groups in total. The van der Waals surface area contributed by atoms with Gasteiger partial charge in [-0.3, -0.25) is 4.79 Å². The number of fused-ring (bicyclic) bond motifs is 4. The van der Waals surface area contributed by atoms with Crippen molar-refractivity contribution in [2.24, 2.45) is 0 Å². The minimum atomic E-state index is -0.159. The Balaban J connectivity index is 0.000000180. The summed E-state index contributed by atoms with van der Waals surface area (Å²) in [6.45, 7) is 5.69. The second-order valence-corrected chi connectivity index (χ2v) is 14.6. The zero-order valence-electron chi connectivity index (χ0n) is 34.9. The Kier molecular flexibility index (Phi) is 11.8. The summed E-state index contributed by atoms with van der Waals surface area (Å²) < 4.78 is 27.2. The molecule has 2 aliphatic rings. The first kappa shape index (κ1) is 40.4. The van der Waals surface area contributed by atoms with Gasteiger partial charge in [-0.25, -0.2) is 19.9 Å². The van der Waals surface area contributed by atoms with Gasteiger partial charge >= 0.3 is 0 Å². The number of amides is 1. The minimum Gasteiger partial charge on any atom is -0.494 e. The molecule has 0 saturated heterocycles. The Labute approximate surface area is 354 Å². The number of benzene rings is 5. The number of hydrogen-bond acceptors (Lipinski definition) is 13. The van der Waals surface area contributed by atoms with Crippen LogP contribution in [0.25, 0.3) is 21.8 Å². The standard InChI is InChI=1S/C28H28N4O4.C19H20N4O2/c1-4-36-22-9-6-19(7-10-22)28(33)31-21-8-5-18-11-12-32(16-20(18)13-21)27-23-14-25(34-2)26(35-3)15-24(23)29-17-30-27;1-24-17-8-15-16(9-18(17)25-2)21-11-22-19(15)23-6-5-12-3-4-14(20)7-13(12)10-23/h5-10,13-15,17H,4,11-12,16H2,1-3H3,(H,31,33);3-4,7-9,11H,5-6,10,20H2,1-2H3. The van der Waals surface area contributed by atoms with Crippen molar-refractivity contribution in [3.63, 3.8) is 0 Å². The highest BCUT2D eigenvalue weighted by Crippen LogP contribution is 2.38. The van der Waals surface area contributed by atoms with E-state index in [4.69, 9.17) is 29.4 Å². The molecule has 61 heavy (non-hydrogen) atoms. The summed E-state index contributed by atoms with van der Waals surface area (Å²) in [6, 6.07) is 27.0. The molecule has 0 fully saturated rings. The van der Waals surface area contributed by atoms with Crippen LogP contribution in [0.2, 0.25) is 0 Å². The van der Waals surface area contributed by atoms with E-state index in [2.05, 4.69) is 53.3 Å². The molecule has 0 aliphatic carbocycles. The molecule has 0 atom stereocenters. The van der Waals surface area contributed by atoms with E-state index < -0.39 is 0 Å². The number of rotatable bonds is 10. The molecule has 2 aromatic heterocycles. The summed E-state index contributed by atoms with van der Waals surface area (Å²) in [7, 11) is 6.48. The lowest BCUT2D eigenvalue weighted by Crippen LogP contribution is -2.31. The van der Waals surface area contributed by atoms with Crippen LogP contribution in [0.4, 0.5) is 23.0 Å². The summed E-state index contributed by atoms with van der Waals surface area (Å²) in [5.74, 6) is 4.94. The molecule has 5 aromatic carbocycles. The van der Waals surface area contributed by atoms with Crippen LogP contribution in [-0.4, -0.2) is 74.0 Å². The van der Waals surface area contributed by atoms with Gasteiger partial charge < -0.3 is 44.5 Å². The van der Waals surface area contributed by atoms with Crippen LogP contribution in [0, 0.1) is 0 Å². The maximum atomic E-state index is 12.8. The first-order valence-corrected chi connectivity index (χ1v) is 20.1. The van der Waals surface area contributed by atoms with Crippen molar-refractivity contribution in [1.29, 1.82) is 0 Å². The monoisotopic (exact) mass is 820 g/mol. The molecule has 4 heterocycles. The highest BCUT2D eigenvalue weighted by atomic mass is 16.5. The molecule has 14 heteroatoms. The molecule has 1 amide bonds. The van der Waals surface area contributed by atoms with Crippen LogP contribution >= 0.6 is 0 Å². The molecular weight excluding hydrogens is 773 g/mol. The van der Waals surface area contributed by atoms with E-state index in [-0.39, 0.29) is 5.91 Å². The first-order chi connectivity index (χ1) is 29.8. The number of methoxy groups -OCH3 is 4. The second kappa shape index (κ2) is 17.9. The number of nitrogens with zero attached hydrogens (tertiary/aromatic N) is 6. The van der Waals surface area contributed by atoms with E-state index in [1.807, 2.05) is 49.4 Å². The molecule has 0 saturated carbocycles. The maximum absolute atomic E-state index is 12.8. The van der Waals surface area contributed by atoms with E-state index in [1.165, 1.54) is 16.7 Å². The molecule has 0 spiro atoms. The predicted octanol–water partition coefficient (Wildman–Crippen LogP) is 7.65. The van der Waals surface area contributed by atoms with E-state index in [9.17, 15) is 4.79 Å². The number of hydrogen-bond donors (Lipinski definition) is 2. The van der Waals surface area contributed by atoms with E-state index in [1.54, 1.807) is 65.4 Å². The van der Waals surface area contributed by atoms with Crippen molar-refractivity contribution in [2.75, 3.05) is 69.0 Å². The summed E-state index contributed by atoms with van der Waals surface area (Å²) in [4.78, 5) is 35.2. The van der Waals surface area contributed by atoms with Crippen molar-refractivity contribution in [3.8, 4) is 28.7 Å². The average Bonchev–Trinajstić information content (AvgIpc) is 3.30. The van der Waals surface area contributed by atoms with Gasteiger partial charge in [0.15, 0.2) is 23.0 Å². The maximum Gasteiger partial charge on any atom is 0.255 e. The van der Waals surface area contributed by atoms with Crippen LogP contribution in [0.5, 0.6) is 28.7 Å². The van der Waals surface area contributed by atoms with E-state index in [0.717, 1.165) is 88.6 Å². The third-order valence-electron chi connectivity index (χ3n) is 11.0. The normalized spacial score (nSPS) is 13.1. The fraction of sp³-hybridized carbons (Fsp3) is 0.255. The topological polar surface area (TPSA) is 159 Å². The van der Waals surface area contributed by atoms with Gasteiger partial charge in [0.05, 0.1) is 46.1 Å². The molecule has 9 rings (SSSR count). The van der Waals surface area contributed by atoms with Crippen molar-refractivity contribution >= 4 is 50.7 Å². The molecule has 14 nitrogen and oxygen atoms in total. The largest absolute Gasteiger partial charge is 0.494 e. The highest BCUT2D eigenvalue weighted by Gasteiger charge is 2.23. The molecule has 0 radical (unpaired) electrons. The number of aromatic nitrogens is 4. The molecule has 2 aliphatic heterocycles. The lowest BCUT2D eigenvalue weighted by Gasteiger charge is -2.31. The number of carbonyl (C=O) groups excluding carboxylic acids is 1. The number of ether oxygens (including phenoxy) is 5. The number of anilines is 4. The fourth-order valence-electron chi connectivity index (χ4n) is 7.89. The Morgan fingerprint density at radius 1 is 0.623 bits per heavy atom. The van der Waals surface area contributed by atoms with Crippen LogP contribution in [0.3, 0.4) is 0 Å². The Morgan fingerprint density at radius 2 is 1.13 bits per heavy atom. The number of nitrogens with one attached hydrogen (secondary N) is 1. The fourth-order valence-corrected chi connectivity index (χ4v) is 7.89. The van der Waals surface area contributed by atoms with Crippen molar-refractivity contribution < 1.29 is 28.5 Å². The zero-order chi connectivity index (χ0) is 42.5. The quantitative estimate of drug-likeness (QED) is 0.130. The van der Waals surface area contributed by atoms with Crippen molar-refractivity contribution in [1.82, 2.24) is 19.9 Å². The first-order valence-electron chi connectivity index (χ1n) is 20.1. The molecule has 312 valence electrons. The minimum absolute atomic E-state index is 0.159. The number of nitrogens with two attached hydrogens (primary N) is 1. The third-order valence-corrected chi connectivity index (χ3v) is 11.0. The number of nitrogen functional groups attached to an aromatic ring is 1. The van der Waals surface area contributed by atoms with Gasteiger partial charge in [-0.05, 0) is 103 Å². The zero-order valence-corrected chi connectivity index (χ0v) is 34.9. The SMILES string of the molecule is CCOc1ccc(C(=O)Nc2ccc3c(c2)CN(c2ncnc4cc(OC)c(OC)cc24)CC3)cc1.COc1cc2ncnc(N3CCc4ccc(N)cc4C3)c2cc1OC. The smallest absolute Gasteiger partial charge is 0.255 e. The van der Waals surface area contributed by atoms with Crippen LogP contribution < -0.4 is 44.5 Å². The highest BCUT2D eigenvalue weighted by molar-refractivity contribution is 6.04. The predicted molar refractivity (Wildman–Crippen MR) is 238 cm³/mol. The van der Waals surface area contributed by atoms with Crippen molar-refractivity contribution in [3.05, 3.63) is 125 Å². The second-order valence-electron chi connectivity index (χ2n) is 14.6. The van der Waals surface area contributed by atoms with Crippen LogP contribution in [0.15, 0.2) is 97.6 Å². The summed E-state index contributed by atoms with van der Waals surface area (Å²) in [5.41, 5.74) is 14.7. The Bertz CT molecular complexity index is 2710.